The molecule has 0 spiro atoms. The van der Waals surface area contributed by atoms with E-state index in [1.54, 1.807) is 31.4 Å². The molecule has 0 bridgehead atoms. The Morgan fingerprint density at radius 3 is 2.73 bits per heavy atom. The second-order valence-corrected chi connectivity index (χ2v) is 6.30. The number of nitrogens with one attached hydrogen (secondary N) is 2. The van der Waals surface area contributed by atoms with Crippen molar-refractivity contribution in [3.63, 3.8) is 0 Å². The van der Waals surface area contributed by atoms with Crippen molar-refractivity contribution in [1.29, 1.82) is 0 Å². The van der Waals surface area contributed by atoms with E-state index in [1.165, 1.54) is 16.0 Å². The Morgan fingerprint density at radius 2 is 2.08 bits per heavy atom. The summed E-state index contributed by atoms with van der Waals surface area (Å²) in [4.78, 5) is 32.0. The van der Waals surface area contributed by atoms with Gasteiger partial charge in [0.1, 0.15) is 5.75 Å². The molecule has 2 amide bonds. The molecular weight excluding hydrogens is 352 g/mol. The predicted molar refractivity (Wildman–Crippen MR) is 105 cm³/mol. The van der Waals surface area contributed by atoms with E-state index >= 15 is 0 Å². The Balaban J connectivity index is 2.13. The number of methoxy groups -OCH3 is 1. The number of anilines is 1. The van der Waals surface area contributed by atoms with Crippen molar-refractivity contribution in [1.82, 2.24) is 5.32 Å². The van der Waals surface area contributed by atoms with Crippen molar-refractivity contribution in [2.24, 2.45) is 10.9 Å². The molecule has 1 aliphatic heterocycles. The molecule has 0 radical (unpaired) electrons. The van der Waals surface area contributed by atoms with Gasteiger partial charge < -0.3 is 15.0 Å². The van der Waals surface area contributed by atoms with Crippen molar-refractivity contribution in [2.45, 2.75) is 13.8 Å². The number of benzene rings is 1. The summed E-state index contributed by atoms with van der Waals surface area (Å²) in [5.41, 5.74) is 0.547. The van der Waals surface area contributed by atoms with Crippen molar-refractivity contribution >= 4 is 41.0 Å². The Labute approximate surface area is 159 Å². The van der Waals surface area contributed by atoms with Gasteiger partial charge in [0.25, 0.3) is 5.91 Å². The van der Waals surface area contributed by atoms with E-state index < -0.39 is 17.7 Å². The second kappa shape index (κ2) is 9.40. The number of hydrogen-bond acceptors (Lipinski definition) is 5. The topological polar surface area (TPSA) is 75.4 Å². The molecule has 2 N–H and O–H groups in total. The first-order chi connectivity index (χ1) is 12.5. The average molecular weight is 377 g/mol. The highest BCUT2D eigenvalue weighted by atomic mass is 32.1. The van der Waals surface area contributed by atoms with Crippen molar-refractivity contribution in [2.75, 3.05) is 38.2 Å². The van der Waals surface area contributed by atoms with Crippen LogP contribution >= 0.6 is 12.2 Å². The van der Waals surface area contributed by atoms with Gasteiger partial charge in [-0.3, -0.25) is 19.5 Å². The van der Waals surface area contributed by atoms with E-state index in [0.717, 1.165) is 19.6 Å². The van der Waals surface area contributed by atoms with Crippen LogP contribution in [0.2, 0.25) is 0 Å². The van der Waals surface area contributed by atoms with Gasteiger partial charge in [-0.2, -0.15) is 0 Å². The largest absolute Gasteiger partial charge is 0.497 e. The zero-order valence-electron chi connectivity index (χ0n) is 15.3. The number of quaternary nitrogens is 1. The lowest BCUT2D eigenvalue weighted by Gasteiger charge is -2.31. The Hall–Kier alpha value is -2.32. The quantitative estimate of drug-likeness (QED) is 0.382. The standard InChI is InChI=1S/C18H24N4O3S/c1-4-21(5-2)10-9-19-12-15-16(23)20-18(26)22(17(15)24)13-7-6-8-14(11-13)25-3/h6-8,11-12,15H,4-5,9-10H2,1-3H3,(H,20,23,26)/p+1. The third kappa shape index (κ3) is 4.64. The normalized spacial score (nSPS) is 17.9. The summed E-state index contributed by atoms with van der Waals surface area (Å²) in [6.07, 6.45) is 1.43. The van der Waals surface area contributed by atoms with Crippen molar-refractivity contribution in [3.05, 3.63) is 24.3 Å². The summed E-state index contributed by atoms with van der Waals surface area (Å²) in [5.74, 6) is -1.24. The number of carbonyl (C=O) groups is 2. The number of hydrogen-bond donors (Lipinski definition) is 2. The van der Waals surface area contributed by atoms with E-state index in [1.807, 2.05) is 0 Å². The fourth-order valence-corrected chi connectivity index (χ4v) is 3.02. The summed E-state index contributed by atoms with van der Waals surface area (Å²) in [5, 5.41) is 2.64. The first-order valence-corrected chi connectivity index (χ1v) is 9.09. The highest BCUT2D eigenvalue weighted by Crippen LogP contribution is 2.24. The number of likely N-dealkylation sites (N-methyl/N-ethyl adjacent to an activating group) is 1. The summed E-state index contributed by atoms with van der Waals surface area (Å²) < 4.78 is 5.19. The molecule has 26 heavy (non-hydrogen) atoms. The van der Waals surface area contributed by atoms with Gasteiger partial charge >= 0.3 is 0 Å². The molecule has 1 heterocycles. The van der Waals surface area contributed by atoms with E-state index in [9.17, 15) is 9.59 Å². The molecule has 140 valence electrons. The maximum atomic E-state index is 12.8. The molecule has 1 aromatic rings. The van der Waals surface area contributed by atoms with Gasteiger partial charge in [0.05, 0.1) is 39.0 Å². The van der Waals surface area contributed by atoms with Crippen LogP contribution < -0.4 is 19.9 Å². The Bertz CT molecular complexity index is 703. The maximum Gasteiger partial charge on any atom is 0.251 e. The monoisotopic (exact) mass is 377 g/mol. The molecule has 1 unspecified atom stereocenters. The maximum absolute atomic E-state index is 12.8. The SMILES string of the molecule is CC[NH+](CC)CCN=CC1C(=O)NC(=S)N(c2cccc(OC)c2)C1=O. The highest BCUT2D eigenvalue weighted by Gasteiger charge is 2.38. The lowest BCUT2D eigenvalue weighted by molar-refractivity contribution is -0.894. The third-order valence-electron chi connectivity index (χ3n) is 4.36. The lowest BCUT2D eigenvalue weighted by atomic mass is 10.1. The fraction of sp³-hybridized carbons (Fsp3) is 0.444. The van der Waals surface area contributed by atoms with Crippen LogP contribution in [0, 0.1) is 5.92 Å². The molecule has 1 aliphatic rings. The first kappa shape index (κ1) is 20.0. The van der Waals surface area contributed by atoms with Crippen LogP contribution in [-0.2, 0) is 9.59 Å². The van der Waals surface area contributed by atoms with E-state index in [-0.39, 0.29) is 5.11 Å². The summed E-state index contributed by atoms with van der Waals surface area (Å²) in [6.45, 7) is 7.71. The van der Waals surface area contributed by atoms with Crippen LogP contribution in [-0.4, -0.2) is 56.4 Å². The summed E-state index contributed by atoms with van der Waals surface area (Å²) in [6, 6.07) is 6.96. The number of rotatable bonds is 8. The van der Waals surface area contributed by atoms with Crippen LogP contribution in [0.4, 0.5) is 5.69 Å². The smallest absolute Gasteiger partial charge is 0.251 e. The molecule has 0 saturated carbocycles. The minimum absolute atomic E-state index is 0.0606. The molecule has 1 atom stereocenters. The van der Waals surface area contributed by atoms with Gasteiger partial charge in [-0.25, -0.2) is 0 Å². The lowest BCUT2D eigenvalue weighted by Crippen LogP contribution is -3.11. The van der Waals surface area contributed by atoms with Crippen LogP contribution in [0.3, 0.4) is 0 Å². The summed E-state index contributed by atoms with van der Waals surface area (Å²) >= 11 is 5.18. The van der Waals surface area contributed by atoms with Crippen LogP contribution in [0.5, 0.6) is 5.75 Å². The molecule has 1 saturated heterocycles. The third-order valence-corrected chi connectivity index (χ3v) is 4.65. The number of thiocarbonyl (C=S) groups is 1. The fourth-order valence-electron chi connectivity index (χ4n) is 2.72. The molecule has 7 nitrogen and oxygen atoms in total. The number of nitrogens with zero attached hydrogens (tertiary/aromatic N) is 2. The van der Waals surface area contributed by atoms with Crippen molar-refractivity contribution < 1.29 is 19.2 Å². The summed E-state index contributed by atoms with van der Waals surface area (Å²) in [7, 11) is 1.55. The zero-order valence-corrected chi connectivity index (χ0v) is 16.1. The van der Waals surface area contributed by atoms with E-state index in [0.29, 0.717) is 18.0 Å². The molecule has 0 aromatic heterocycles. The Kier molecular flexibility index (Phi) is 7.23. The molecule has 0 aliphatic carbocycles. The van der Waals surface area contributed by atoms with E-state index in [4.69, 9.17) is 17.0 Å². The number of carbonyl (C=O) groups excluding carboxylic acids is 2. The molecule has 1 aromatic carbocycles. The average Bonchev–Trinajstić information content (AvgIpc) is 2.64. The number of aliphatic imine (C=N–C) groups is 1. The van der Waals surface area contributed by atoms with Gasteiger partial charge in [0, 0.05) is 12.3 Å². The van der Waals surface area contributed by atoms with Crippen LogP contribution in [0.25, 0.3) is 0 Å². The van der Waals surface area contributed by atoms with Crippen LogP contribution in [0.1, 0.15) is 13.8 Å². The number of ether oxygens (including phenoxy) is 1. The van der Waals surface area contributed by atoms with E-state index in [2.05, 4.69) is 24.2 Å². The Morgan fingerprint density at radius 1 is 1.35 bits per heavy atom. The number of amides is 2. The van der Waals surface area contributed by atoms with Gasteiger partial charge in [0.15, 0.2) is 11.0 Å². The molecule has 8 heteroatoms. The predicted octanol–water partition coefficient (Wildman–Crippen LogP) is 0.0546. The first-order valence-electron chi connectivity index (χ1n) is 8.68. The van der Waals surface area contributed by atoms with Crippen LogP contribution in [0.15, 0.2) is 29.3 Å². The molecular formula is C18H25N4O3S+. The van der Waals surface area contributed by atoms with Gasteiger partial charge in [0.2, 0.25) is 5.91 Å². The minimum Gasteiger partial charge on any atom is -0.497 e. The van der Waals surface area contributed by atoms with Gasteiger partial charge in [-0.05, 0) is 38.2 Å². The zero-order chi connectivity index (χ0) is 19.1. The van der Waals surface area contributed by atoms with Gasteiger partial charge in [-0.15, -0.1) is 0 Å². The highest BCUT2D eigenvalue weighted by molar-refractivity contribution is 7.80. The molecule has 1 fully saturated rings. The minimum atomic E-state index is -0.986. The second-order valence-electron chi connectivity index (χ2n) is 5.91. The molecule has 2 rings (SSSR count). The van der Waals surface area contributed by atoms with Crippen molar-refractivity contribution in [3.8, 4) is 5.75 Å². The van der Waals surface area contributed by atoms with Gasteiger partial charge in [-0.1, -0.05) is 6.07 Å².